The molecule has 31 heavy (non-hydrogen) atoms. The van der Waals surface area contributed by atoms with Gasteiger partial charge in [-0.2, -0.15) is 0 Å². The largest absolute Gasteiger partial charge is 0.385 e. The van der Waals surface area contributed by atoms with Crippen molar-refractivity contribution in [1.29, 1.82) is 0 Å². The first-order chi connectivity index (χ1) is 14.5. The van der Waals surface area contributed by atoms with Crippen molar-refractivity contribution in [2.75, 3.05) is 7.11 Å². The van der Waals surface area contributed by atoms with Gasteiger partial charge < -0.3 is 15.2 Å². The lowest BCUT2D eigenvalue weighted by atomic mass is 9.54. The van der Waals surface area contributed by atoms with Crippen molar-refractivity contribution < 1.29 is 24.2 Å². The molecule has 0 radical (unpaired) electrons. The van der Waals surface area contributed by atoms with Crippen molar-refractivity contribution >= 4 is 17.5 Å². The van der Waals surface area contributed by atoms with Gasteiger partial charge in [0.1, 0.15) is 17.6 Å². The van der Waals surface area contributed by atoms with Crippen LogP contribution in [0.25, 0.3) is 0 Å². The number of amides is 1. The Morgan fingerprint density at radius 1 is 1.23 bits per heavy atom. The van der Waals surface area contributed by atoms with Crippen LogP contribution >= 0.6 is 0 Å². The van der Waals surface area contributed by atoms with Gasteiger partial charge in [-0.15, -0.1) is 0 Å². The number of aliphatic hydroxyl groups excluding tert-OH is 1. The summed E-state index contributed by atoms with van der Waals surface area (Å²) in [5.41, 5.74) is 0.894. The van der Waals surface area contributed by atoms with Gasteiger partial charge in [-0.3, -0.25) is 14.4 Å². The number of carbonyl (C=O) groups excluding carboxylic acids is 3. The van der Waals surface area contributed by atoms with Gasteiger partial charge >= 0.3 is 0 Å². The first kappa shape index (κ1) is 23.9. The smallest absolute Gasteiger partial charge is 0.235 e. The van der Waals surface area contributed by atoms with Crippen molar-refractivity contribution in [2.24, 2.45) is 29.1 Å². The molecule has 0 saturated carbocycles. The molecule has 0 aromatic rings. The summed E-state index contributed by atoms with van der Waals surface area (Å²) in [5.74, 6) is -1.11. The summed E-state index contributed by atoms with van der Waals surface area (Å²) in [4.78, 5) is 40.4. The van der Waals surface area contributed by atoms with Gasteiger partial charge in [-0.25, -0.2) is 0 Å². The van der Waals surface area contributed by atoms with Crippen molar-refractivity contribution in [3.05, 3.63) is 23.3 Å². The van der Waals surface area contributed by atoms with Gasteiger partial charge in [0.25, 0.3) is 0 Å². The number of ether oxygens (including phenoxy) is 1. The van der Waals surface area contributed by atoms with E-state index in [4.69, 9.17) is 4.74 Å². The van der Waals surface area contributed by atoms with Gasteiger partial charge in [0, 0.05) is 31.4 Å². The average Bonchev–Trinajstić information content (AvgIpc) is 2.98. The summed E-state index contributed by atoms with van der Waals surface area (Å²) in [5, 5.41) is 13.5. The molecule has 2 unspecified atom stereocenters. The van der Waals surface area contributed by atoms with Crippen LogP contribution in [-0.4, -0.2) is 47.9 Å². The lowest BCUT2D eigenvalue weighted by Gasteiger charge is -2.45. The molecule has 6 heteroatoms. The number of aliphatic hydroxyl groups is 1. The summed E-state index contributed by atoms with van der Waals surface area (Å²) in [6, 6.07) is -0.0984. The van der Waals surface area contributed by atoms with Crippen LogP contribution in [0.2, 0.25) is 0 Å². The van der Waals surface area contributed by atoms with E-state index in [2.05, 4.69) is 39.1 Å². The monoisotopic (exact) mass is 431 g/mol. The second kappa shape index (κ2) is 8.99. The number of ketones is 2. The molecule has 1 aliphatic heterocycles. The van der Waals surface area contributed by atoms with Crippen LogP contribution in [0.1, 0.15) is 60.3 Å². The Kier molecular flexibility index (Phi) is 6.92. The Morgan fingerprint density at radius 3 is 2.52 bits per heavy atom. The number of hydrogen-bond acceptors (Lipinski definition) is 5. The molecule has 0 bridgehead atoms. The summed E-state index contributed by atoms with van der Waals surface area (Å²) < 4.78 is 5.35. The zero-order chi connectivity index (χ0) is 23.1. The van der Waals surface area contributed by atoms with E-state index in [-0.39, 0.29) is 48.3 Å². The van der Waals surface area contributed by atoms with E-state index < -0.39 is 23.4 Å². The number of carbonyl (C=O) groups is 3. The maximum absolute atomic E-state index is 14.0. The fraction of sp³-hybridized carbons (Fsp3) is 0.720. The Labute approximate surface area is 185 Å². The summed E-state index contributed by atoms with van der Waals surface area (Å²) in [7, 11) is 1.38. The zero-order valence-electron chi connectivity index (χ0n) is 19.6. The summed E-state index contributed by atoms with van der Waals surface area (Å²) >= 11 is 0. The van der Waals surface area contributed by atoms with Crippen molar-refractivity contribution in [2.45, 2.75) is 78.6 Å². The van der Waals surface area contributed by atoms with Crippen LogP contribution in [0.3, 0.4) is 0 Å². The predicted octanol–water partition coefficient (Wildman–Crippen LogP) is 2.99. The van der Waals surface area contributed by atoms with Crippen LogP contribution in [0.15, 0.2) is 23.3 Å². The maximum atomic E-state index is 14.0. The fourth-order valence-corrected chi connectivity index (χ4v) is 5.95. The van der Waals surface area contributed by atoms with E-state index in [1.54, 1.807) is 0 Å². The van der Waals surface area contributed by atoms with Crippen LogP contribution in [0, 0.1) is 29.1 Å². The third kappa shape index (κ3) is 4.05. The number of hydrogen-bond donors (Lipinski definition) is 2. The Bertz CT molecular complexity index is 813. The maximum Gasteiger partial charge on any atom is 0.235 e. The number of rotatable bonds is 3. The molecule has 1 saturated heterocycles. The number of allylic oxidation sites excluding steroid dienone is 4. The minimum Gasteiger partial charge on any atom is -0.385 e. The molecule has 7 atom stereocenters. The molecule has 0 aromatic heterocycles. The molecule has 3 rings (SSSR count). The highest BCUT2D eigenvalue weighted by atomic mass is 16.5. The van der Waals surface area contributed by atoms with Crippen LogP contribution in [0.5, 0.6) is 0 Å². The minimum atomic E-state index is -1.26. The van der Waals surface area contributed by atoms with E-state index in [1.807, 2.05) is 13.0 Å². The molecule has 1 spiro atoms. The first-order valence-corrected chi connectivity index (χ1v) is 11.5. The quantitative estimate of drug-likeness (QED) is 0.529. The van der Waals surface area contributed by atoms with Crippen molar-refractivity contribution in [3.8, 4) is 0 Å². The van der Waals surface area contributed by atoms with Crippen molar-refractivity contribution in [3.63, 3.8) is 0 Å². The highest BCUT2D eigenvalue weighted by molar-refractivity contribution is 6.10. The Morgan fingerprint density at radius 2 is 1.90 bits per heavy atom. The highest BCUT2D eigenvalue weighted by Crippen LogP contribution is 2.55. The van der Waals surface area contributed by atoms with Crippen LogP contribution in [-0.2, 0) is 19.1 Å². The first-order valence-electron chi connectivity index (χ1n) is 11.5. The van der Waals surface area contributed by atoms with Crippen LogP contribution < -0.4 is 5.32 Å². The molecule has 6 nitrogen and oxygen atoms in total. The topological polar surface area (TPSA) is 92.7 Å². The third-order valence-electron chi connectivity index (χ3n) is 7.64. The molecule has 1 fully saturated rings. The zero-order valence-corrected chi connectivity index (χ0v) is 19.6. The molecule has 3 aliphatic rings. The normalized spacial score (nSPS) is 41.0. The second-order valence-electron chi connectivity index (χ2n) is 10.2. The molecule has 2 aliphatic carbocycles. The fourth-order valence-electron chi connectivity index (χ4n) is 5.95. The van der Waals surface area contributed by atoms with Gasteiger partial charge in [0.2, 0.25) is 5.91 Å². The van der Waals surface area contributed by atoms with E-state index in [9.17, 15) is 19.5 Å². The summed E-state index contributed by atoms with van der Waals surface area (Å²) in [6.07, 6.45) is 3.25. The number of methoxy groups -OCH3 is 1. The molecular weight excluding hydrogens is 394 g/mol. The van der Waals surface area contributed by atoms with Crippen LogP contribution in [0.4, 0.5) is 0 Å². The standard InChI is InChI=1S/C25H37NO5/c1-13(2)9-18-22-16(5)15(4)11-17-10-14(3)7-8-19(27)23(29)20(31-6)12-21(28)25(17,22)24(30)26-18/h10-11,13,16-20,22,27H,7-9,12H2,1-6H3,(H,26,30)/b14-10-/t16-,17+,18+,19?,20?,22+,25-/m1/s1. The molecule has 0 aromatic carbocycles. The SMILES string of the molecule is COC1CC(=O)[C@@]23C(=O)N[C@@H](CC(C)C)[C@@H]2[C@H](C)C(C)=C[C@@H]3/C=C(/C)CCC(O)C1=O. The Hall–Kier alpha value is -1.79. The van der Waals surface area contributed by atoms with Gasteiger partial charge in [0.05, 0.1) is 0 Å². The molecule has 1 heterocycles. The van der Waals surface area contributed by atoms with Gasteiger partial charge in [0.15, 0.2) is 11.6 Å². The van der Waals surface area contributed by atoms with E-state index in [0.29, 0.717) is 12.3 Å². The average molecular weight is 432 g/mol. The minimum absolute atomic E-state index is 0.0593. The molecule has 1 amide bonds. The van der Waals surface area contributed by atoms with E-state index in [1.165, 1.54) is 12.7 Å². The highest BCUT2D eigenvalue weighted by Gasteiger charge is 2.65. The van der Waals surface area contributed by atoms with E-state index in [0.717, 1.165) is 12.0 Å². The lowest BCUT2D eigenvalue weighted by molar-refractivity contribution is -0.150. The number of nitrogens with one attached hydrogen (secondary N) is 1. The summed E-state index contributed by atoms with van der Waals surface area (Å²) in [6.45, 7) is 10.4. The van der Waals surface area contributed by atoms with Gasteiger partial charge in [-0.05, 0) is 44.9 Å². The lowest BCUT2D eigenvalue weighted by Crippen LogP contribution is -2.53. The Balaban J connectivity index is 2.20. The number of Topliss-reactive ketones (excluding diaryl/α,β-unsaturated/α-hetero) is 2. The predicted molar refractivity (Wildman–Crippen MR) is 118 cm³/mol. The third-order valence-corrected chi connectivity index (χ3v) is 7.64. The van der Waals surface area contributed by atoms with E-state index >= 15 is 0 Å². The molecule has 172 valence electrons. The molecule has 2 N–H and O–H groups in total. The van der Waals surface area contributed by atoms with Crippen molar-refractivity contribution in [1.82, 2.24) is 5.32 Å². The second-order valence-corrected chi connectivity index (χ2v) is 10.2. The molecular formula is C25H37NO5. The van der Waals surface area contributed by atoms with Gasteiger partial charge in [-0.1, -0.05) is 44.1 Å².